The Morgan fingerprint density at radius 3 is 2.71 bits per heavy atom. The van der Waals surface area contributed by atoms with Crippen molar-refractivity contribution in [3.05, 3.63) is 64.1 Å². The van der Waals surface area contributed by atoms with Crippen molar-refractivity contribution in [2.24, 2.45) is 0 Å². The van der Waals surface area contributed by atoms with Crippen LogP contribution < -0.4 is 4.74 Å². The number of hydrogen-bond donors (Lipinski definition) is 0. The second-order valence-electron chi connectivity index (χ2n) is 3.61. The summed E-state index contributed by atoms with van der Waals surface area (Å²) in [4.78, 5) is 10.6. The predicted molar refractivity (Wildman–Crippen MR) is 70.3 cm³/mol. The molecule has 0 radical (unpaired) electrons. The van der Waals surface area contributed by atoms with Crippen molar-refractivity contribution in [2.45, 2.75) is 6.61 Å². The molecular weight excluding hydrogens is 280 g/mol. The normalized spacial score (nSPS) is 9.94. The van der Waals surface area contributed by atoms with E-state index in [-0.39, 0.29) is 0 Å². The lowest BCUT2D eigenvalue weighted by Crippen LogP contribution is -1.95. The van der Waals surface area contributed by atoms with Gasteiger partial charge in [0.05, 0.1) is 0 Å². The quantitative estimate of drug-likeness (QED) is 0.800. The van der Waals surface area contributed by atoms with Gasteiger partial charge in [0, 0.05) is 10.0 Å². The fourth-order valence-corrected chi connectivity index (χ4v) is 1.92. The molecule has 0 aromatic heterocycles. The largest absolute Gasteiger partial charge is 0.489 e. The number of aldehydes is 1. The Morgan fingerprint density at radius 2 is 1.94 bits per heavy atom. The van der Waals surface area contributed by atoms with Gasteiger partial charge in [-0.05, 0) is 29.8 Å². The Kier molecular flexibility index (Phi) is 3.94. The van der Waals surface area contributed by atoms with Crippen LogP contribution >= 0.6 is 15.9 Å². The van der Waals surface area contributed by atoms with Crippen molar-refractivity contribution in [1.82, 2.24) is 0 Å². The maximum atomic E-state index is 10.6. The molecule has 2 nitrogen and oxygen atoms in total. The van der Waals surface area contributed by atoms with Crippen LogP contribution in [-0.2, 0) is 6.61 Å². The van der Waals surface area contributed by atoms with Gasteiger partial charge < -0.3 is 4.74 Å². The monoisotopic (exact) mass is 290 g/mol. The second-order valence-corrected chi connectivity index (χ2v) is 4.52. The molecule has 0 N–H and O–H groups in total. The van der Waals surface area contributed by atoms with Crippen LogP contribution in [0.25, 0.3) is 0 Å². The molecule has 0 atom stereocenters. The zero-order valence-electron chi connectivity index (χ0n) is 9.10. The summed E-state index contributed by atoms with van der Waals surface area (Å²) in [5.41, 5.74) is 1.70. The van der Waals surface area contributed by atoms with Gasteiger partial charge in [-0.2, -0.15) is 0 Å². The van der Waals surface area contributed by atoms with Gasteiger partial charge in [-0.25, -0.2) is 0 Å². The zero-order chi connectivity index (χ0) is 12.1. The van der Waals surface area contributed by atoms with Gasteiger partial charge in [0.15, 0.2) is 0 Å². The van der Waals surface area contributed by atoms with E-state index in [1.165, 1.54) is 0 Å². The Labute approximate surface area is 108 Å². The predicted octanol–water partition coefficient (Wildman–Crippen LogP) is 3.84. The van der Waals surface area contributed by atoms with Gasteiger partial charge in [0.2, 0.25) is 0 Å². The number of rotatable bonds is 4. The highest BCUT2D eigenvalue weighted by molar-refractivity contribution is 9.10. The van der Waals surface area contributed by atoms with Crippen LogP contribution in [0.5, 0.6) is 5.75 Å². The molecular formula is C14H11BrO2. The van der Waals surface area contributed by atoms with Crippen molar-refractivity contribution in [1.29, 1.82) is 0 Å². The number of ether oxygens (including phenoxy) is 1. The molecule has 0 unspecified atom stereocenters. The minimum Gasteiger partial charge on any atom is -0.489 e. The zero-order valence-corrected chi connectivity index (χ0v) is 10.7. The molecule has 3 heteroatoms. The van der Waals surface area contributed by atoms with Crippen LogP contribution in [0.15, 0.2) is 53.0 Å². The Morgan fingerprint density at radius 1 is 1.12 bits per heavy atom. The maximum absolute atomic E-state index is 10.6. The van der Waals surface area contributed by atoms with Crippen LogP contribution in [0.3, 0.4) is 0 Å². The van der Waals surface area contributed by atoms with Gasteiger partial charge in [0.1, 0.15) is 18.6 Å². The highest BCUT2D eigenvalue weighted by Gasteiger charge is 1.98. The fourth-order valence-electron chi connectivity index (χ4n) is 1.47. The number of benzene rings is 2. The molecule has 2 aromatic rings. The smallest absolute Gasteiger partial charge is 0.150 e. The van der Waals surface area contributed by atoms with Crippen molar-refractivity contribution >= 4 is 22.2 Å². The molecule has 0 aliphatic carbocycles. The highest BCUT2D eigenvalue weighted by atomic mass is 79.9. The van der Waals surface area contributed by atoms with Crippen LogP contribution in [0, 0.1) is 0 Å². The molecule has 0 aliphatic rings. The summed E-state index contributed by atoms with van der Waals surface area (Å²) in [5, 5.41) is 0. The molecule has 86 valence electrons. The van der Waals surface area contributed by atoms with E-state index in [9.17, 15) is 4.79 Å². The topological polar surface area (TPSA) is 26.3 Å². The lowest BCUT2D eigenvalue weighted by molar-refractivity contribution is 0.112. The molecule has 0 saturated carbocycles. The van der Waals surface area contributed by atoms with Crippen molar-refractivity contribution < 1.29 is 9.53 Å². The first-order chi connectivity index (χ1) is 8.28. The summed E-state index contributed by atoms with van der Waals surface area (Å²) in [6.45, 7) is 0.488. The molecule has 0 amide bonds. The highest BCUT2D eigenvalue weighted by Crippen LogP contribution is 2.16. The summed E-state index contributed by atoms with van der Waals surface area (Å²) in [6, 6.07) is 15.0. The number of hydrogen-bond acceptors (Lipinski definition) is 2. The summed E-state index contributed by atoms with van der Waals surface area (Å²) in [6.07, 6.45) is 0.811. The average molecular weight is 291 g/mol. The van der Waals surface area contributed by atoms with E-state index in [0.29, 0.717) is 17.9 Å². The lowest BCUT2D eigenvalue weighted by atomic mass is 10.2. The minimum atomic E-state index is 0.488. The van der Waals surface area contributed by atoms with Gasteiger partial charge in [-0.3, -0.25) is 4.79 Å². The molecule has 0 aliphatic heterocycles. The Hall–Kier alpha value is -1.61. The molecule has 0 bridgehead atoms. The van der Waals surface area contributed by atoms with E-state index in [1.54, 1.807) is 18.2 Å². The lowest BCUT2D eigenvalue weighted by Gasteiger charge is -2.06. The van der Waals surface area contributed by atoms with Crippen LogP contribution in [-0.4, -0.2) is 6.29 Å². The van der Waals surface area contributed by atoms with Crippen molar-refractivity contribution in [3.8, 4) is 5.75 Å². The Balaban J connectivity index is 2.04. The minimum absolute atomic E-state index is 0.488. The van der Waals surface area contributed by atoms with Crippen LogP contribution in [0.2, 0.25) is 0 Å². The van der Waals surface area contributed by atoms with Crippen molar-refractivity contribution in [3.63, 3.8) is 0 Å². The molecule has 0 heterocycles. The number of carbonyl (C=O) groups is 1. The summed E-state index contributed by atoms with van der Waals surface area (Å²) in [7, 11) is 0. The van der Waals surface area contributed by atoms with E-state index in [4.69, 9.17) is 4.74 Å². The summed E-state index contributed by atoms with van der Waals surface area (Å²) in [5.74, 6) is 0.703. The van der Waals surface area contributed by atoms with Gasteiger partial charge in [-0.15, -0.1) is 0 Å². The average Bonchev–Trinajstić information content (AvgIpc) is 2.37. The first-order valence-corrected chi connectivity index (χ1v) is 6.00. The fraction of sp³-hybridized carbons (Fsp3) is 0.0714. The molecule has 2 rings (SSSR count). The molecule has 0 saturated heterocycles. The van der Waals surface area contributed by atoms with Gasteiger partial charge in [0.25, 0.3) is 0 Å². The van der Waals surface area contributed by atoms with Crippen molar-refractivity contribution in [2.75, 3.05) is 0 Å². The number of carbonyl (C=O) groups excluding carboxylic acids is 1. The molecule has 0 fully saturated rings. The van der Waals surface area contributed by atoms with E-state index in [2.05, 4.69) is 15.9 Å². The van der Waals surface area contributed by atoms with Gasteiger partial charge >= 0.3 is 0 Å². The summed E-state index contributed by atoms with van der Waals surface area (Å²) < 4.78 is 6.64. The number of halogens is 1. The van der Waals surface area contributed by atoms with Crippen LogP contribution in [0.1, 0.15) is 15.9 Å². The summed E-state index contributed by atoms with van der Waals surface area (Å²) >= 11 is 3.41. The van der Waals surface area contributed by atoms with Crippen LogP contribution in [0.4, 0.5) is 0 Å². The first kappa shape index (κ1) is 11.9. The third-order valence-corrected chi connectivity index (χ3v) is 2.78. The SMILES string of the molecule is O=Cc1cccc(OCc2cccc(Br)c2)c1. The van der Waals surface area contributed by atoms with E-state index in [1.807, 2.05) is 30.3 Å². The molecule has 17 heavy (non-hydrogen) atoms. The third kappa shape index (κ3) is 3.43. The van der Waals surface area contributed by atoms with E-state index in [0.717, 1.165) is 16.3 Å². The Bertz CT molecular complexity index is 523. The molecule has 2 aromatic carbocycles. The third-order valence-electron chi connectivity index (χ3n) is 2.29. The van der Waals surface area contributed by atoms with E-state index < -0.39 is 0 Å². The van der Waals surface area contributed by atoms with E-state index >= 15 is 0 Å². The van der Waals surface area contributed by atoms with Gasteiger partial charge in [-0.1, -0.05) is 40.2 Å². The standard InChI is InChI=1S/C14H11BrO2/c15-13-5-1-4-12(7-13)10-17-14-6-2-3-11(8-14)9-16/h1-9H,10H2. The molecule has 0 spiro atoms. The first-order valence-electron chi connectivity index (χ1n) is 5.20. The maximum Gasteiger partial charge on any atom is 0.150 e. The second kappa shape index (κ2) is 5.64.